The highest BCUT2D eigenvalue weighted by molar-refractivity contribution is 6.30. The van der Waals surface area contributed by atoms with Gasteiger partial charge in [0.15, 0.2) is 0 Å². The summed E-state index contributed by atoms with van der Waals surface area (Å²) in [5, 5.41) is 0.666. The minimum Gasteiger partial charge on any atom is -0.333 e. The largest absolute Gasteiger partial charge is 0.333 e. The van der Waals surface area contributed by atoms with Crippen molar-refractivity contribution in [3.8, 4) is 0 Å². The van der Waals surface area contributed by atoms with E-state index < -0.39 is 0 Å². The molecule has 1 aliphatic rings. The Balaban J connectivity index is 2.19. The molecule has 86 valence electrons. The van der Waals surface area contributed by atoms with E-state index in [0.717, 1.165) is 18.4 Å². The molecular formula is C13H16ClNO. The topological polar surface area (TPSA) is 20.3 Å². The lowest BCUT2D eigenvalue weighted by Gasteiger charge is -2.26. The Morgan fingerprint density at radius 2 is 1.88 bits per heavy atom. The van der Waals surface area contributed by atoms with Gasteiger partial charge in [0.25, 0.3) is 5.91 Å². The van der Waals surface area contributed by atoms with E-state index in [1.807, 2.05) is 4.90 Å². The van der Waals surface area contributed by atoms with Crippen molar-refractivity contribution in [2.75, 3.05) is 0 Å². The molecule has 2 nitrogen and oxygen atoms in total. The highest BCUT2D eigenvalue weighted by Gasteiger charge is 2.34. The molecule has 0 saturated heterocycles. The summed E-state index contributed by atoms with van der Waals surface area (Å²) in [4.78, 5) is 14.2. The molecule has 2 rings (SSSR count). The molecule has 0 radical (unpaired) electrons. The Morgan fingerprint density at radius 1 is 1.31 bits per heavy atom. The predicted molar refractivity (Wildman–Crippen MR) is 65.8 cm³/mol. The number of amides is 1. The number of hydrogen-bond donors (Lipinski definition) is 0. The van der Waals surface area contributed by atoms with E-state index in [2.05, 4.69) is 13.8 Å². The van der Waals surface area contributed by atoms with Gasteiger partial charge in [-0.1, -0.05) is 11.6 Å². The number of carbonyl (C=O) groups is 1. The number of carbonyl (C=O) groups excluding carboxylic acids is 1. The van der Waals surface area contributed by atoms with Gasteiger partial charge in [-0.2, -0.15) is 0 Å². The Kier molecular flexibility index (Phi) is 3.20. The smallest absolute Gasteiger partial charge is 0.254 e. The molecule has 1 aliphatic carbocycles. The predicted octanol–water partition coefficient (Wildman–Crippen LogP) is 3.35. The summed E-state index contributed by atoms with van der Waals surface area (Å²) in [6, 6.07) is 7.82. The minimum atomic E-state index is 0.120. The highest BCUT2D eigenvalue weighted by atomic mass is 35.5. The van der Waals surface area contributed by atoms with Gasteiger partial charge >= 0.3 is 0 Å². The van der Waals surface area contributed by atoms with E-state index >= 15 is 0 Å². The molecule has 0 unspecified atom stereocenters. The molecule has 16 heavy (non-hydrogen) atoms. The van der Waals surface area contributed by atoms with Crippen LogP contribution in [0, 0.1) is 0 Å². The van der Waals surface area contributed by atoms with Gasteiger partial charge in [0, 0.05) is 22.7 Å². The Morgan fingerprint density at radius 3 is 2.31 bits per heavy atom. The molecule has 3 heteroatoms. The lowest BCUT2D eigenvalue weighted by Crippen LogP contribution is -2.38. The summed E-state index contributed by atoms with van der Waals surface area (Å²) in [6.45, 7) is 4.12. The molecular weight excluding hydrogens is 222 g/mol. The first kappa shape index (κ1) is 11.5. The first-order chi connectivity index (χ1) is 7.59. The third-order valence-corrected chi connectivity index (χ3v) is 3.07. The van der Waals surface area contributed by atoms with E-state index in [4.69, 9.17) is 11.6 Å². The standard InChI is InChI=1S/C13H16ClNO/c1-9(2)15(12-7-8-12)13(16)10-3-5-11(14)6-4-10/h3-6,9,12H,7-8H2,1-2H3. The van der Waals surface area contributed by atoms with Crippen LogP contribution in [0.25, 0.3) is 0 Å². The van der Waals surface area contributed by atoms with Crippen molar-refractivity contribution < 1.29 is 4.79 Å². The average Bonchev–Trinajstić information content (AvgIpc) is 3.02. The summed E-state index contributed by atoms with van der Waals surface area (Å²) in [5.41, 5.74) is 0.727. The number of hydrogen-bond acceptors (Lipinski definition) is 1. The summed E-state index contributed by atoms with van der Waals surface area (Å²) in [6.07, 6.45) is 2.27. The second-order valence-electron chi connectivity index (χ2n) is 4.54. The lowest BCUT2D eigenvalue weighted by atomic mass is 10.1. The van der Waals surface area contributed by atoms with Crippen LogP contribution in [0.15, 0.2) is 24.3 Å². The molecule has 1 aromatic rings. The highest BCUT2D eigenvalue weighted by Crippen LogP contribution is 2.30. The molecule has 1 fully saturated rings. The molecule has 0 bridgehead atoms. The normalized spacial score (nSPS) is 15.2. The van der Waals surface area contributed by atoms with Crippen LogP contribution in [-0.2, 0) is 0 Å². The minimum absolute atomic E-state index is 0.120. The van der Waals surface area contributed by atoms with Gasteiger partial charge < -0.3 is 4.90 Å². The van der Waals surface area contributed by atoms with Gasteiger partial charge in [0.05, 0.1) is 0 Å². The summed E-state index contributed by atoms with van der Waals surface area (Å²) >= 11 is 5.81. The van der Waals surface area contributed by atoms with E-state index in [1.165, 1.54) is 0 Å². The van der Waals surface area contributed by atoms with Gasteiger partial charge in [0.2, 0.25) is 0 Å². The first-order valence-electron chi connectivity index (χ1n) is 5.68. The molecule has 0 heterocycles. The van der Waals surface area contributed by atoms with Gasteiger partial charge in [0.1, 0.15) is 0 Å². The number of halogens is 1. The molecule has 1 saturated carbocycles. The maximum Gasteiger partial charge on any atom is 0.254 e. The van der Waals surface area contributed by atoms with Crippen LogP contribution in [0.5, 0.6) is 0 Å². The third kappa shape index (κ3) is 2.38. The Bertz CT molecular complexity index is 379. The second kappa shape index (κ2) is 4.46. The van der Waals surface area contributed by atoms with Crippen LogP contribution in [0.4, 0.5) is 0 Å². The molecule has 0 aliphatic heterocycles. The second-order valence-corrected chi connectivity index (χ2v) is 4.98. The lowest BCUT2D eigenvalue weighted by molar-refractivity contribution is 0.0690. The van der Waals surface area contributed by atoms with E-state index in [9.17, 15) is 4.79 Å². The molecule has 0 N–H and O–H groups in total. The van der Waals surface area contributed by atoms with Crippen LogP contribution >= 0.6 is 11.6 Å². The summed E-state index contributed by atoms with van der Waals surface area (Å²) in [5.74, 6) is 0.120. The third-order valence-electron chi connectivity index (χ3n) is 2.82. The van der Waals surface area contributed by atoms with Crippen LogP contribution in [0.1, 0.15) is 37.0 Å². The Hall–Kier alpha value is -1.02. The molecule has 0 aromatic heterocycles. The van der Waals surface area contributed by atoms with Crippen molar-refractivity contribution in [2.24, 2.45) is 0 Å². The molecule has 1 aromatic carbocycles. The van der Waals surface area contributed by atoms with Crippen molar-refractivity contribution in [2.45, 2.75) is 38.8 Å². The van der Waals surface area contributed by atoms with E-state index in [-0.39, 0.29) is 11.9 Å². The van der Waals surface area contributed by atoms with Crippen molar-refractivity contribution in [1.82, 2.24) is 4.90 Å². The van der Waals surface area contributed by atoms with Gasteiger partial charge in [-0.15, -0.1) is 0 Å². The number of benzene rings is 1. The summed E-state index contributed by atoms with van der Waals surface area (Å²) in [7, 11) is 0. The van der Waals surface area contributed by atoms with Gasteiger partial charge in [-0.05, 0) is 51.0 Å². The zero-order valence-electron chi connectivity index (χ0n) is 9.61. The van der Waals surface area contributed by atoms with Crippen LogP contribution < -0.4 is 0 Å². The zero-order chi connectivity index (χ0) is 11.7. The average molecular weight is 238 g/mol. The number of nitrogens with zero attached hydrogens (tertiary/aromatic N) is 1. The van der Waals surface area contributed by atoms with Crippen molar-refractivity contribution in [3.63, 3.8) is 0 Å². The molecule has 0 spiro atoms. The van der Waals surface area contributed by atoms with Crippen LogP contribution in [0.3, 0.4) is 0 Å². The van der Waals surface area contributed by atoms with E-state index in [0.29, 0.717) is 11.1 Å². The maximum atomic E-state index is 12.3. The van der Waals surface area contributed by atoms with Crippen molar-refractivity contribution in [3.05, 3.63) is 34.9 Å². The SMILES string of the molecule is CC(C)N(C(=O)c1ccc(Cl)cc1)C1CC1. The fourth-order valence-electron chi connectivity index (χ4n) is 1.92. The first-order valence-corrected chi connectivity index (χ1v) is 6.05. The zero-order valence-corrected chi connectivity index (χ0v) is 10.4. The number of rotatable bonds is 3. The quantitative estimate of drug-likeness (QED) is 0.790. The fourth-order valence-corrected chi connectivity index (χ4v) is 2.04. The van der Waals surface area contributed by atoms with Crippen LogP contribution in [-0.4, -0.2) is 22.9 Å². The van der Waals surface area contributed by atoms with Gasteiger partial charge in [-0.3, -0.25) is 4.79 Å². The monoisotopic (exact) mass is 237 g/mol. The molecule has 0 atom stereocenters. The fraction of sp³-hybridized carbons (Fsp3) is 0.462. The van der Waals surface area contributed by atoms with Crippen molar-refractivity contribution >= 4 is 17.5 Å². The Labute approximate surface area is 101 Å². The summed E-state index contributed by atoms with van der Waals surface area (Å²) < 4.78 is 0. The molecule has 1 amide bonds. The maximum absolute atomic E-state index is 12.3. The van der Waals surface area contributed by atoms with Gasteiger partial charge in [-0.25, -0.2) is 0 Å². The van der Waals surface area contributed by atoms with Crippen molar-refractivity contribution in [1.29, 1.82) is 0 Å². The van der Waals surface area contributed by atoms with Crippen LogP contribution in [0.2, 0.25) is 5.02 Å². The van der Waals surface area contributed by atoms with E-state index in [1.54, 1.807) is 24.3 Å².